The van der Waals surface area contributed by atoms with Gasteiger partial charge in [-0.25, -0.2) is 4.79 Å². The predicted molar refractivity (Wildman–Crippen MR) is 173 cm³/mol. The van der Waals surface area contributed by atoms with E-state index in [1.165, 1.54) is 35.4 Å². The van der Waals surface area contributed by atoms with Gasteiger partial charge in [0.2, 0.25) is 0 Å². The minimum Gasteiger partial charge on any atom is -0.496 e. The zero-order valence-corrected chi connectivity index (χ0v) is 30.3. The average molecular weight is 818 g/mol. The summed E-state index contributed by atoms with van der Waals surface area (Å²) in [5.74, 6) is 1.95. The van der Waals surface area contributed by atoms with Crippen molar-refractivity contribution in [3.63, 3.8) is 0 Å². The highest BCUT2D eigenvalue weighted by Crippen LogP contribution is 2.47. The van der Waals surface area contributed by atoms with Crippen molar-refractivity contribution in [1.82, 2.24) is 0 Å². The first kappa shape index (κ1) is 37.8. The lowest BCUT2D eigenvalue weighted by atomic mass is 10.0. The van der Waals surface area contributed by atoms with E-state index < -0.39 is 29.9 Å². The van der Waals surface area contributed by atoms with Crippen LogP contribution in [0.4, 0.5) is 4.79 Å². The van der Waals surface area contributed by atoms with Crippen LogP contribution in [0.5, 0.6) is 34.5 Å². The van der Waals surface area contributed by atoms with E-state index in [0.717, 1.165) is 5.56 Å². The third kappa shape index (κ3) is 9.13. The van der Waals surface area contributed by atoms with E-state index in [-0.39, 0.29) is 11.5 Å². The second kappa shape index (κ2) is 16.0. The van der Waals surface area contributed by atoms with Crippen molar-refractivity contribution < 1.29 is 53.0 Å². The number of rotatable bonds is 8. The number of carbonyl (C=O) groups is 2. The Bertz CT molecular complexity index is 1280. The number of carbonyl (C=O) groups excluding carboxylic acids is 2. The van der Waals surface area contributed by atoms with E-state index in [1.807, 2.05) is 59.0 Å². The van der Waals surface area contributed by atoms with Gasteiger partial charge in [0.25, 0.3) is 0 Å². The van der Waals surface area contributed by atoms with Gasteiger partial charge in [-0.3, -0.25) is 4.79 Å². The molecule has 2 aromatic carbocycles. The van der Waals surface area contributed by atoms with Gasteiger partial charge in [0, 0.05) is 18.1 Å². The molecule has 0 saturated heterocycles. The van der Waals surface area contributed by atoms with Crippen LogP contribution in [0, 0.1) is 21.0 Å². The van der Waals surface area contributed by atoms with Crippen molar-refractivity contribution in [2.24, 2.45) is 0 Å². The molecule has 0 aliphatic rings. The standard InChI is InChI=1S/C16H23IO6.C13H17IO5/c1-8-12(20-6)10(9(2)18)14(11(17)13(8)21-7)22-15(19)23-16(3,4)5;1-6-11(17-4)9(7(2)15)13(19-8(3)16)10(14)12(6)18-5/h9,18H,1-7H3;7,15H,1-5H3. The van der Waals surface area contributed by atoms with Gasteiger partial charge < -0.3 is 43.4 Å². The number of methoxy groups -OCH3 is 4. The average Bonchev–Trinajstić information content (AvgIpc) is 2.86. The minimum absolute atomic E-state index is 0.175. The largest absolute Gasteiger partial charge is 0.514 e. The van der Waals surface area contributed by atoms with Crippen LogP contribution in [0.2, 0.25) is 0 Å². The summed E-state index contributed by atoms with van der Waals surface area (Å²) < 4.78 is 38.3. The monoisotopic (exact) mass is 818 g/mol. The Morgan fingerprint density at radius 1 is 0.667 bits per heavy atom. The Hall–Kier alpha value is -2.24. The third-order valence-electron chi connectivity index (χ3n) is 5.61. The second-order valence-electron chi connectivity index (χ2n) is 10.0. The van der Waals surface area contributed by atoms with Crippen LogP contribution in [0.1, 0.15) is 76.0 Å². The van der Waals surface area contributed by atoms with E-state index in [4.69, 9.17) is 33.2 Å². The predicted octanol–water partition coefficient (Wildman–Crippen LogP) is 6.58. The van der Waals surface area contributed by atoms with Crippen LogP contribution in [-0.4, -0.2) is 56.4 Å². The van der Waals surface area contributed by atoms with Gasteiger partial charge in [-0.05, 0) is 93.6 Å². The van der Waals surface area contributed by atoms with Gasteiger partial charge in [0.05, 0.1) is 58.9 Å². The molecule has 0 aliphatic carbocycles. The molecule has 2 rings (SSSR count). The molecule has 11 nitrogen and oxygen atoms in total. The lowest BCUT2D eigenvalue weighted by Crippen LogP contribution is -2.26. The zero-order valence-electron chi connectivity index (χ0n) is 26.0. The SMILES string of the molecule is COc1c(C)c(OC)c(C(C)O)c(OC(=O)OC(C)(C)C)c1I.COc1c(C)c(OC)c(C(C)O)c(OC(C)=O)c1I. The van der Waals surface area contributed by atoms with Crippen LogP contribution in [0.3, 0.4) is 0 Å². The smallest absolute Gasteiger partial charge is 0.496 e. The number of ether oxygens (including phenoxy) is 7. The summed E-state index contributed by atoms with van der Waals surface area (Å²) >= 11 is 4.03. The second-order valence-corrected chi connectivity index (χ2v) is 12.2. The number of benzene rings is 2. The number of aliphatic hydroxyl groups is 2. The first-order chi connectivity index (χ1) is 19.4. The van der Waals surface area contributed by atoms with E-state index in [2.05, 4.69) is 0 Å². The molecule has 0 heterocycles. The fourth-order valence-electron chi connectivity index (χ4n) is 4.06. The van der Waals surface area contributed by atoms with E-state index >= 15 is 0 Å². The molecule has 2 atom stereocenters. The normalized spacial score (nSPS) is 12.3. The molecule has 0 aromatic heterocycles. The highest BCUT2D eigenvalue weighted by molar-refractivity contribution is 14.1. The number of aliphatic hydroxyl groups excluding tert-OH is 2. The minimum atomic E-state index is -0.902. The summed E-state index contributed by atoms with van der Waals surface area (Å²) in [6, 6.07) is 0. The molecule has 0 aliphatic heterocycles. The molecule has 2 N–H and O–H groups in total. The van der Waals surface area contributed by atoms with Gasteiger partial charge in [-0.15, -0.1) is 0 Å². The molecule has 0 spiro atoms. The molecule has 236 valence electrons. The van der Waals surface area contributed by atoms with Crippen molar-refractivity contribution in [1.29, 1.82) is 0 Å². The van der Waals surface area contributed by atoms with Crippen molar-refractivity contribution in [2.75, 3.05) is 28.4 Å². The summed E-state index contributed by atoms with van der Waals surface area (Å²) in [6.45, 7) is 13.3. The van der Waals surface area contributed by atoms with Gasteiger partial charge >= 0.3 is 12.1 Å². The zero-order chi connectivity index (χ0) is 32.7. The Morgan fingerprint density at radius 3 is 1.26 bits per heavy atom. The first-order valence-corrected chi connectivity index (χ1v) is 14.9. The topological polar surface area (TPSA) is 139 Å². The summed E-state index contributed by atoms with van der Waals surface area (Å²) in [7, 11) is 6.03. The molecule has 2 unspecified atom stereocenters. The maximum atomic E-state index is 12.0. The van der Waals surface area contributed by atoms with Crippen LogP contribution < -0.4 is 28.4 Å². The van der Waals surface area contributed by atoms with E-state index in [9.17, 15) is 19.8 Å². The van der Waals surface area contributed by atoms with Crippen LogP contribution in [0.15, 0.2) is 0 Å². The molecule has 0 saturated carbocycles. The van der Waals surface area contributed by atoms with Crippen molar-refractivity contribution in [3.05, 3.63) is 29.4 Å². The highest BCUT2D eigenvalue weighted by Gasteiger charge is 2.30. The highest BCUT2D eigenvalue weighted by atomic mass is 127. The summed E-state index contributed by atoms with van der Waals surface area (Å²) in [5.41, 5.74) is 1.60. The molecule has 0 radical (unpaired) electrons. The Kier molecular flexibility index (Phi) is 14.4. The fourth-order valence-corrected chi connectivity index (χ4v) is 6.11. The molecule has 42 heavy (non-hydrogen) atoms. The van der Waals surface area contributed by atoms with Crippen molar-refractivity contribution >= 4 is 57.3 Å². The lowest BCUT2D eigenvalue weighted by molar-refractivity contribution is -0.132. The molecule has 2 aromatic rings. The number of halogens is 2. The van der Waals surface area contributed by atoms with Crippen LogP contribution >= 0.6 is 45.2 Å². The summed E-state index contributed by atoms with van der Waals surface area (Å²) in [6.07, 6.45) is -2.59. The lowest BCUT2D eigenvalue weighted by Gasteiger charge is -2.23. The molecule has 0 amide bonds. The van der Waals surface area contributed by atoms with E-state index in [0.29, 0.717) is 46.8 Å². The fraction of sp³-hybridized carbons (Fsp3) is 0.517. The van der Waals surface area contributed by atoms with Crippen LogP contribution in [-0.2, 0) is 9.53 Å². The first-order valence-electron chi connectivity index (χ1n) is 12.7. The number of hydrogen-bond donors (Lipinski definition) is 2. The third-order valence-corrected chi connectivity index (χ3v) is 7.57. The van der Waals surface area contributed by atoms with Gasteiger partial charge in [0.1, 0.15) is 28.6 Å². The van der Waals surface area contributed by atoms with Gasteiger partial charge in [0.15, 0.2) is 11.5 Å². The molecule has 13 heteroatoms. The summed E-state index contributed by atoms with van der Waals surface area (Å²) in [5, 5.41) is 20.0. The van der Waals surface area contributed by atoms with Gasteiger partial charge in [-0.2, -0.15) is 0 Å². The summed E-state index contributed by atoms with van der Waals surface area (Å²) in [4.78, 5) is 23.3. The van der Waals surface area contributed by atoms with Crippen LogP contribution in [0.25, 0.3) is 0 Å². The molecule has 0 bridgehead atoms. The Labute approximate surface area is 274 Å². The quantitative estimate of drug-likeness (QED) is 0.129. The number of hydrogen-bond acceptors (Lipinski definition) is 11. The maximum absolute atomic E-state index is 12.0. The molecular formula is C29H40I2O11. The maximum Gasteiger partial charge on any atom is 0.514 e. The number of esters is 1. The molecular weight excluding hydrogens is 778 g/mol. The van der Waals surface area contributed by atoms with Crippen molar-refractivity contribution in [2.45, 2.75) is 73.2 Å². The molecule has 0 fully saturated rings. The van der Waals surface area contributed by atoms with E-state index in [1.54, 1.807) is 34.6 Å². The van der Waals surface area contributed by atoms with Gasteiger partial charge in [-0.1, -0.05) is 0 Å². The Morgan fingerprint density at radius 2 is 1.00 bits per heavy atom. The van der Waals surface area contributed by atoms with Crippen molar-refractivity contribution in [3.8, 4) is 34.5 Å². The Balaban J connectivity index is 0.000000428.